The molecule has 1 aromatic carbocycles. The average molecular weight is 223 g/mol. The Labute approximate surface area is 95.2 Å². The summed E-state index contributed by atoms with van der Waals surface area (Å²) in [5, 5.41) is 11.6. The van der Waals surface area contributed by atoms with Gasteiger partial charge in [0.25, 0.3) is 0 Å². The van der Waals surface area contributed by atoms with Crippen LogP contribution in [0.5, 0.6) is 5.75 Å². The summed E-state index contributed by atoms with van der Waals surface area (Å²) in [5.74, 6) is -0.0564. The molecule has 0 bridgehead atoms. The lowest BCUT2D eigenvalue weighted by Gasteiger charge is -2.14. The second kappa shape index (κ2) is 5.39. The third-order valence-corrected chi connectivity index (χ3v) is 2.30. The molecule has 2 N–H and O–H groups in total. The highest BCUT2D eigenvalue weighted by Gasteiger charge is 2.07. The van der Waals surface area contributed by atoms with E-state index < -0.39 is 5.97 Å². The van der Waals surface area contributed by atoms with Crippen molar-refractivity contribution in [3.8, 4) is 5.75 Å². The highest BCUT2D eigenvalue weighted by molar-refractivity contribution is 5.68. The van der Waals surface area contributed by atoms with Gasteiger partial charge in [0.05, 0.1) is 19.2 Å². The Morgan fingerprint density at radius 2 is 2.12 bits per heavy atom. The maximum absolute atomic E-state index is 10.4. The molecule has 0 aliphatic heterocycles. The lowest BCUT2D eigenvalue weighted by molar-refractivity contribution is -0.136. The Morgan fingerprint density at radius 3 is 2.69 bits per heavy atom. The summed E-state index contributed by atoms with van der Waals surface area (Å²) >= 11 is 0. The standard InChI is InChI=1S/C12H17NO3/c1-8-6-9(2)12(10(7-8)16-3)13-5-4-11(14)15/h6-7,13H,4-5H2,1-3H3,(H,14,15). The van der Waals surface area contributed by atoms with E-state index in [9.17, 15) is 4.79 Å². The molecule has 0 aliphatic rings. The summed E-state index contributed by atoms with van der Waals surface area (Å²) in [7, 11) is 1.61. The van der Waals surface area contributed by atoms with Gasteiger partial charge >= 0.3 is 5.97 Å². The molecule has 1 aromatic rings. The van der Waals surface area contributed by atoms with Crippen LogP contribution in [0.1, 0.15) is 17.5 Å². The van der Waals surface area contributed by atoms with E-state index in [-0.39, 0.29) is 6.42 Å². The van der Waals surface area contributed by atoms with Crippen molar-refractivity contribution in [2.45, 2.75) is 20.3 Å². The molecule has 16 heavy (non-hydrogen) atoms. The average Bonchev–Trinajstić information content (AvgIpc) is 2.20. The smallest absolute Gasteiger partial charge is 0.305 e. The molecule has 0 saturated carbocycles. The minimum absolute atomic E-state index is 0.0937. The highest BCUT2D eigenvalue weighted by Crippen LogP contribution is 2.29. The van der Waals surface area contributed by atoms with Crippen molar-refractivity contribution in [3.63, 3.8) is 0 Å². The zero-order valence-corrected chi connectivity index (χ0v) is 9.83. The second-order valence-corrected chi connectivity index (χ2v) is 3.73. The van der Waals surface area contributed by atoms with Crippen molar-refractivity contribution < 1.29 is 14.6 Å². The van der Waals surface area contributed by atoms with Crippen molar-refractivity contribution >= 4 is 11.7 Å². The summed E-state index contributed by atoms with van der Waals surface area (Å²) in [6.45, 7) is 4.37. The molecule has 1 rings (SSSR count). The maximum Gasteiger partial charge on any atom is 0.305 e. The van der Waals surface area contributed by atoms with Gasteiger partial charge in [0.1, 0.15) is 5.75 Å². The third-order valence-electron chi connectivity index (χ3n) is 2.30. The van der Waals surface area contributed by atoms with Crippen LogP contribution in [-0.2, 0) is 4.79 Å². The van der Waals surface area contributed by atoms with Crippen LogP contribution in [0.3, 0.4) is 0 Å². The molecule has 4 heteroatoms. The Hall–Kier alpha value is -1.71. The minimum atomic E-state index is -0.809. The van der Waals surface area contributed by atoms with E-state index in [1.807, 2.05) is 26.0 Å². The van der Waals surface area contributed by atoms with E-state index in [1.54, 1.807) is 7.11 Å². The monoisotopic (exact) mass is 223 g/mol. The lowest BCUT2D eigenvalue weighted by Crippen LogP contribution is -2.09. The number of methoxy groups -OCH3 is 1. The van der Waals surface area contributed by atoms with Crippen molar-refractivity contribution in [1.29, 1.82) is 0 Å². The van der Waals surface area contributed by atoms with E-state index >= 15 is 0 Å². The number of hydrogen-bond acceptors (Lipinski definition) is 3. The number of carboxylic acid groups (broad SMARTS) is 1. The number of carbonyl (C=O) groups is 1. The van der Waals surface area contributed by atoms with Gasteiger partial charge in [0.2, 0.25) is 0 Å². The molecule has 0 atom stereocenters. The van der Waals surface area contributed by atoms with Crippen molar-refractivity contribution in [2.24, 2.45) is 0 Å². The number of hydrogen-bond donors (Lipinski definition) is 2. The lowest BCUT2D eigenvalue weighted by atomic mass is 10.1. The number of ether oxygens (including phenoxy) is 1. The molecular formula is C12H17NO3. The Kier molecular flexibility index (Phi) is 4.17. The first kappa shape index (κ1) is 12.4. The number of rotatable bonds is 5. The van der Waals surface area contributed by atoms with Gasteiger partial charge < -0.3 is 15.2 Å². The van der Waals surface area contributed by atoms with Gasteiger partial charge in [-0.25, -0.2) is 0 Å². The van der Waals surface area contributed by atoms with Crippen LogP contribution in [0.4, 0.5) is 5.69 Å². The topological polar surface area (TPSA) is 58.6 Å². The van der Waals surface area contributed by atoms with E-state index in [2.05, 4.69) is 5.32 Å². The predicted octanol–water partition coefficient (Wildman–Crippen LogP) is 2.20. The van der Waals surface area contributed by atoms with Gasteiger partial charge in [-0.05, 0) is 31.0 Å². The highest BCUT2D eigenvalue weighted by atomic mass is 16.5. The van der Waals surface area contributed by atoms with E-state index in [0.717, 1.165) is 22.6 Å². The number of nitrogens with one attached hydrogen (secondary N) is 1. The zero-order valence-electron chi connectivity index (χ0n) is 9.83. The van der Waals surface area contributed by atoms with Crippen LogP contribution in [0.25, 0.3) is 0 Å². The molecule has 88 valence electrons. The van der Waals surface area contributed by atoms with Gasteiger partial charge in [-0.3, -0.25) is 4.79 Å². The summed E-state index contributed by atoms with van der Waals surface area (Å²) in [6.07, 6.45) is 0.0937. The molecule has 0 aliphatic carbocycles. The van der Waals surface area contributed by atoms with Gasteiger partial charge in [-0.1, -0.05) is 6.07 Å². The van der Waals surface area contributed by atoms with E-state index in [1.165, 1.54) is 0 Å². The number of carboxylic acids is 1. The summed E-state index contributed by atoms with van der Waals surface area (Å²) in [4.78, 5) is 10.4. The second-order valence-electron chi connectivity index (χ2n) is 3.73. The first-order chi connectivity index (χ1) is 7.54. The Bertz CT molecular complexity index is 388. The first-order valence-corrected chi connectivity index (χ1v) is 5.15. The number of anilines is 1. The molecule has 4 nitrogen and oxygen atoms in total. The number of benzene rings is 1. The summed E-state index contributed by atoms with van der Waals surface area (Å²) in [6, 6.07) is 3.96. The zero-order chi connectivity index (χ0) is 12.1. The van der Waals surface area contributed by atoms with Crippen LogP contribution in [-0.4, -0.2) is 24.7 Å². The van der Waals surface area contributed by atoms with E-state index in [4.69, 9.17) is 9.84 Å². The third kappa shape index (κ3) is 3.15. The molecule has 0 fully saturated rings. The molecule has 0 heterocycles. The van der Waals surface area contributed by atoms with Crippen molar-refractivity contribution in [3.05, 3.63) is 23.3 Å². The fourth-order valence-corrected chi connectivity index (χ4v) is 1.61. The van der Waals surface area contributed by atoms with Crippen LogP contribution in [0.2, 0.25) is 0 Å². The number of aryl methyl sites for hydroxylation is 2. The van der Waals surface area contributed by atoms with Crippen molar-refractivity contribution in [2.75, 3.05) is 19.0 Å². The molecule has 0 amide bonds. The Balaban J connectivity index is 2.81. The van der Waals surface area contributed by atoms with Crippen LogP contribution in [0.15, 0.2) is 12.1 Å². The molecule has 0 aromatic heterocycles. The normalized spacial score (nSPS) is 9.94. The summed E-state index contributed by atoms with van der Waals surface area (Å²) in [5.41, 5.74) is 3.05. The number of aliphatic carboxylic acids is 1. The van der Waals surface area contributed by atoms with Gasteiger partial charge in [-0.15, -0.1) is 0 Å². The van der Waals surface area contributed by atoms with Crippen LogP contribution in [0, 0.1) is 13.8 Å². The predicted molar refractivity (Wildman–Crippen MR) is 63.2 cm³/mol. The molecule has 0 saturated heterocycles. The quantitative estimate of drug-likeness (QED) is 0.803. The fraction of sp³-hybridized carbons (Fsp3) is 0.417. The Morgan fingerprint density at radius 1 is 1.44 bits per heavy atom. The summed E-state index contributed by atoms with van der Waals surface area (Å²) < 4.78 is 5.25. The van der Waals surface area contributed by atoms with Gasteiger partial charge in [0, 0.05) is 6.54 Å². The van der Waals surface area contributed by atoms with Crippen LogP contribution >= 0.6 is 0 Å². The van der Waals surface area contributed by atoms with Gasteiger partial charge in [-0.2, -0.15) is 0 Å². The molecule has 0 spiro atoms. The first-order valence-electron chi connectivity index (χ1n) is 5.15. The molecular weight excluding hydrogens is 206 g/mol. The minimum Gasteiger partial charge on any atom is -0.495 e. The van der Waals surface area contributed by atoms with Gasteiger partial charge in [0.15, 0.2) is 0 Å². The SMILES string of the molecule is COc1cc(C)cc(C)c1NCCC(=O)O. The maximum atomic E-state index is 10.4. The largest absolute Gasteiger partial charge is 0.495 e. The fourth-order valence-electron chi connectivity index (χ4n) is 1.61. The van der Waals surface area contributed by atoms with Crippen molar-refractivity contribution in [1.82, 2.24) is 0 Å². The molecule has 0 unspecified atom stereocenters. The van der Waals surface area contributed by atoms with E-state index in [0.29, 0.717) is 6.54 Å². The van der Waals surface area contributed by atoms with Crippen LogP contribution < -0.4 is 10.1 Å². The molecule has 0 radical (unpaired) electrons.